The van der Waals surface area contributed by atoms with Crippen LogP contribution in [0.25, 0.3) is 0 Å². The van der Waals surface area contributed by atoms with E-state index in [-0.39, 0.29) is 17.1 Å². The molecular weight excluding hydrogens is 360 g/mol. The number of unbranched alkanes of at least 4 members (excludes halogenated alkanes) is 6. The van der Waals surface area contributed by atoms with E-state index in [4.69, 9.17) is 9.47 Å². The molecule has 6 heteroatoms. The third kappa shape index (κ3) is 6.80. The molecule has 160 valence electrons. The molecular formula is C22H36O6. The molecule has 0 saturated heterocycles. The number of phenols is 2. The maximum atomic E-state index is 11.7. The van der Waals surface area contributed by atoms with Gasteiger partial charge in [0.15, 0.2) is 11.5 Å². The summed E-state index contributed by atoms with van der Waals surface area (Å²) in [7, 11) is 0. The SMILES string of the molecule is CCCCCCOc1c(O)c(O)c(C(=O)O)c(CCC)c1OCCCCCC. The molecule has 1 aromatic rings. The number of ether oxygens (including phenoxy) is 2. The Morgan fingerprint density at radius 1 is 0.750 bits per heavy atom. The lowest BCUT2D eigenvalue weighted by Crippen LogP contribution is -2.11. The molecule has 6 nitrogen and oxygen atoms in total. The normalized spacial score (nSPS) is 10.8. The van der Waals surface area contributed by atoms with Crippen molar-refractivity contribution in [3.05, 3.63) is 11.1 Å². The number of benzene rings is 1. The van der Waals surface area contributed by atoms with Crippen molar-refractivity contribution in [2.45, 2.75) is 85.0 Å². The lowest BCUT2D eigenvalue weighted by molar-refractivity contribution is 0.0690. The molecule has 28 heavy (non-hydrogen) atoms. The van der Waals surface area contributed by atoms with Crippen LogP contribution in [0.2, 0.25) is 0 Å². The van der Waals surface area contributed by atoms with E-state index < -0.39 is 17.5 Å². The van der Waals surface area contributed by atoms with Gasteiger partial charge in [0.1, 0.15) is 5.56 Å². The summed E-state index contributed by atoms with van der Waals surface area (Å²) in [5, 5.41) is 30.3. The van der Waals surface area contributed by atoms with E-state index in [9.17, 15) is 20.1 Å². The zero-order chi connectivity index (χ0) is 20.9. The summed E-state index contributed by atoms with van der Waals surface area (Å²) in [4.78, 5) is 11.7. The Kier molecular flexibility index (Phi) is 11.2. The number of carboxylic acids is 1. The summed E-state index contributed by atoms with van der Waals surface area (Å²) in [5.41, 5.74) is 0.0746. The van der Waals surface area contributed by atoms with Gasteiger partial charge in [-0.1, -0.05) is 65.7 Å². The van der Waals surface area contributed by atoms with Crippen molar-refractivity contribution < 1.29 is 29.6 Å². The number of hydrogen-bond donors (Lipinski definition) is 3. The smallest absolute Gasteiger partial charge is 0.340 e. The molecule has 3 N–H and O–H groups in total. The second-order valence-corrected chi connectivity index (χ2v) is 7.08. The fourth-order valence-corrected chi connectivity index (χ4v) is 3.14. The molecule has 0 aliphatic rings. The molecule has 1 aromatic carbocycles. The van der Waals surface area contributed by atoms with Crippen LogP contribution in [0.5, 0.6) is 23.0 Å². The molecule has 0 spiro atoms. The molecule has 0 atom stereocenters. The highest BCUT2D eigenvalue weighted by Crippen LogP contribution is 2.49. The van der Waals surface area contributed by atoms with E-state index in [0.29, 0.717) is 31.6 Å². The van der Waals surface area contributed by atoms with Crippen molar-refractivity contribution in [1.29, 1.82) is 0 Å². The van der Waals surface area contributed by atoms with Gasteiger partial charge < -0.3 is 24.8 Å². The van der Waals surface area contributed by atoms with Gasteiger partial charge in [-0.05, 0) is 19.3 Å². The molecule has 0 aliphatic heterocycles. The Balaban J connectivity index is 3.18. The molecule has 0 fully saturated rings. The van der Waals surface area contributed by atoms with Crippen LogP contribution < -0.4 is 9.47 Å². The highest BCUT2D eigenvalue weighted by atomic mass is 16.5. The van der Waals surface area contributed by atoms with Crippen LogP contribution in [0.15, 0.2) is 0 Å². The first kappa shape index (κ1) is 23.9. The largest absolute Gasteiger partial charge is 0.504 e. The van der Waals surface area contributed by atoms with Crippen LogP contribution in [0.4, 0.5) is 0 Å². The molecule has 0 aliphatic carbocycles. The Morgan fingerprint density at radius 3 is 1.75 bits per heavy atom. The zero-order valence-corrected chi connectivity index (χ0v) is 17.6. The Bertz CT molecular complexity index is 612. The minimum Gasteiger partial charge on any atom is -0.504 e. The van der Waals surface area contributed by atoms with Gasteiger partial charge in [0.05, 0.1) is 13.2 Å². The lowest BCUT2D eigenvalue weighted by atomic mass is 9.99. The van der Waals surface area contributed by atoms with Gasteiger partial charge in [-0.2, -0.15) is 0 Å². The van der Waals surface area contributed by atoms with Crippen LogP contribution in [-0.4, -0.2) is 34.5 Å². The fraction of sp³-hybridized carbons (Fsp3) is 0.682. The number of hydrogen-bond acceptors (Lipinski definition) is 5. The quantitative estimate of drug-likeness (QED) is 0.261. The van der Waals surface area contributed by atoms with E-state index in [1.165, 1.54) is 0 Å². The molecule has 0 unspecified atom stereocenters. The lowest BCUT2D eigenvalue weighted by Gasteiger charge is -2.20. The summed E-state index contributed by atoms with van der Waals surface area (Å²) in [6.07, 6.45) is 9.16. The molecule has 1 rings (SSSR count). The minimum absolute atomic E-state index is 0.0536. The third-order valence-corrected chi connectivity index (χ3v) is 4.66. The van der Waals surface area contributed by atoms with Crippen molar-refractivity contribution in [3.63, 3.8) is 0 Å². The average molecular weight is 397 g/mol. The van der Waals surface area contributed by atoms with E-state index >= 15 is 0 Å². The fourth-order valence-electron chi connectivity index (χ4n) is 3.14. The second kappa shape index (κ2) is 13.1. The van der Waals surface area contributed by atoms with Gasteiger partial charge in [-0.3, -0.25) is 0 Å². The standard InChI is InChI=1S/C22H36O6/c1-4-7-9-11-14-27-20-16(13-6-3)17(22(25)26)18(23)19(24)21(20)28-15-12-10-8-5-2/h23-24H,4-15H2,1-3H3,(H,25,26). The predicted molar refractivity (Wildman–Crippen MR) is 110 cm³/mol. The van der Waals surface area contributed by atoms with Gasteiger partial charge in [-0.15, -0.1) is 0 Å². The molecule has 0 bridgehead atoms. The first-order valence-electron chi connectivity index (χ1n) is 10.6. The summed E-state index contributed by atoms with van der Waals surface area (Å²) in [6.45, 7) is 6.95. The van der Waals surface area contributed by atoms with Gasteiger partial charge in [-0.25, -0.2) is 4.79 Å². The van der Waals surface area contributed by atoms with E-state index in [1.54, 1.807) is 0 Å². The highest BCUT2D eigenvalue weighted by Gasteiger charge is 2.29. The minimum atomic E-state index is -1.29. The number of aromatic hydroxyl groups is 2. The first-order valence-corrected chi connectivity index (χ1v) is 10.6. The van der Waals surface area contributed by atoms with E-state index in [0.717, 1.165) is 51.4 Å². The highest BCUT2D eigenvalue weighted by molar-refractivity contribution is 5.95. The van der Waals surface area contributed by atoms with Gasteiger partial charge in [0.2, 0.25) is 11.5 Å². The Hall–Kier alpha value is -2.11. The number of phenolic OH excluding ortho intramolecular Hbond substituents is 1. The summed E-state index contributed by atoms with van der Waals surface area (Å²) in [5.74, 6) is -2.20. The molecule has 0 heterocycles. The summed E-state index contributed by atoms with van der Waals surface area (Å²) >= 11 is 0. The maximum absolute atomic E-state index is 11.7. The Labute approximate surface area is 168 Å². The third-order valence-electron chi connectivity index (χ3n) is 4.66. The van der Waals surface area contributed by atoms with Crippen molar-refractivity contribution in [1.82, 2.24) is 0 Å². The van der Waals surface area contributed by atoms with E-state index in [1.807, 2.05) is 6.92 Å². The Morgan fingerprint density at radius 2 is 1.29 bits per heavy atom. The number of aromatic carboxylic acids is 1. The van der Waals surface area contributed by atoms with Crippen LogP contribution in [0.1, 0.15) is 94.5 Å². The average Bonchev–Trinajstić information content (AvgIpc) is 2.66. The van der Waals surface area contributed by atoms with Crippen LogP contribution in [-0.2, 0) is 6.42 Å². The second-order valence-electron chi connectivity index (χ2n) is 7.08. The van der Waals surface area contributed by atoms with Crippen molar-refractivity contribution >= 4 is 5.97 Å². The first-order chi connectivity index (χ1) is 13.5. The van der Waals surface area contributed by atoms with Gasteiger partial charge >= 0.3 is 5.97 Å². The van der Waals surface area contributed by atoms with Crippen LogP contribution in [0, 0.1) is 0 Å². The number of rotatable bonds is 15. The molecule has 0 aromatic heterocycles. The zero-order valence-electron chi connectivity index (χ0n) is 17.6. The summed E-state index contributed by atoms with van der Waals surface area (Å²) in [6, 6.07) is 0. The van der Waals surface area contributed by atoms with Crippen molar-refractivity contribution in [2.24, 2.45) is 0 Å². The monoisotopic (exact) mass is 396 g/mol. The molecule has 0 amide bonds. The number of carboxylic acid groups (broad SMARTS) is 1. The van der Waals surface area contributed by atoms with E-state index in [2.05, 4.69) is 13.8 Å². The number of carbonyl (C=O) groups is 1. The topological polar surface area (TPSA) is 96.2 Å². The molecule has 0 saturated carbocycles. The summed E-state index contributed by atoms with van der Waals surface area (Å²) < 4.78 is 11.7. The maximum Gasteiger partial charge on any atom is 0.340 e. The van der Waals surface area contributed by atoms with Crippen molar-refractivity contribution in [2.75, 3.05) is 13.2 Å². The van der Waals surface area contributed by atoms with Crippen LogP contribution in [0.3, 0.4) is 0 Å². The predicted octanol–water partition coefficient (Wildman–Crippen LogP) is 5.67. The van der Waals surface area contributed by atoms with Gasteiger partial charge in [0.25, 0.3) is 0 Å². The van der Waals surface area contributed by atoms with Gasteiger partial charge in [0, 0.05) is 5.56 Å². The van der Waals surface area contributed by atoms with Crippen LogP contribution >= 0.6 is 0 Å². The van der Waals surface area contributed by atoms with Crippen molar-refractivity contribution in [3.8, 4) is 23.0 Å². The molecule has 0 radical (unpaired) electrons.